The Balaban J connectivity index is 2.75. The van der Waals surface area contributed by atoms with Crippen molar-refractivity contribution in [2.45, 2.75) is 20.3 Å². The van der Waals surface area contributed by atoms with E-state index in [1.54, 1.807) is 11.0 Å². The molecule has 6 heteroatoms. The number of carboxylic acid groups (broad SMARTS) is 1. The first-order valence-electron chi connectivity index (χ1n) is 5.66. The van der Waals surface area contributed by atoms with Gasteiger partial charge in [-0.25, -0.2) is 0 Å². The number of aliphatic carboxylic acids is 1. The van der Waals surface area contributed by atoms with Gasteiger partial charge in [0.2, 0.25) is 0 Å². The van der Waals surface area contributed by atoms with Gasteiger partial charge < -0.3 is 10.0 Å². The van der Waals surface area contributed by atoms with Crippen LogP contribution in [0.15, 0.2) is 15.9 Å². The predicted octanol–water partition coefficient (Wildman–Crippen LogP) is 3.08. The number of hydrogen-bond donors (Lipinski definition) is 1. The first kappa shape index (κ1) is 15.2. The van der Waals surface area contributed by atoms with E-state index in [1.165, 1.54) is 11.3 Å². The van der Waals surface area contributed by atoms with Crippen LogP contribution in [0.2, 0.25) is 0 Å². The monoisotopic (exact) mass is 333 g/mol. The molecule has 0 saturated carbocycles. The highest BCUT2D eigenvalue weighted by Gasteiger charge is 2.19. The zero-order chi connectivity index (χ0) is 13.7. The van der Waals surface area contributed by atoms with E-state index in [-0.39, 0.29) is 18.9 Å². The smallest absolute Gasteiger partial charge is 0.305 e. The van der Waals surface area contributed by atoms with E-state index in [1.807, 2.05) is 19.9 Å². The van der Waals surface area contributed by atoms with E-state index in [2.05, 4.69) is 15.9 Å². The number of halogens is 1. The SMILES string of the molecule is CC(C)CN(CCC(=O)O)C(=O)c1ccc(Br)s1. The molecule has 0 aliphatic carbocycles. The minimum absolute atomic E-state index is 0.0228. The molecule has 1 heterocycles. The van der Waals surface area contributed by atoms with Gasteiger partial charge in [-0.15, -0.1) is 11.3 Å². The van der Waals surface area contributed by atoms with Crippen LogP contribution in [-0.4, -0.2) is 35.0 Å². The van der Waals surface area contributed by atoms with Crippen molar-refractivity contribution in [1.82, 2.24) is 4.90 Å². The summed E-state index contributed by atoms with van der Waals surface area (Å²) in [7, 11) is 0. The van der Waals surface area contributed by atoms with E-state index in [9.17, 15) is 9.59 Å². The van der Waals surface area contributed by atoms with Gasteiger partial charge >= 0.3 is 5.97 Å². The molecule has 0 aromatic carbocycles. The molecule has 1 aromatic heterocycles. The van der Waals surface area contributed by atoms with Gasteiger partial charge in [-0.2, -0.15) is 0 Å². The van der Waals surface area contributed by atoms with Gasteiger partial charge in [0.05, 0.1) is 15.1 Å². The highest BCUT2D eigenvalue weighted by atomic mass is 79.9. The Kier molecular flexibility index (Phi) is 5.81. The van der Waals surface area contributed by atoms with Gasteiger partial charge in [0, 0.05) is 13.1 Å². The Morgan fingerprint density at radius 2 is 2.11 bits per heavy atom. The molecule has 0 spiro atoms. The average Bonchev–Trinajstić information content (AvgIpc) is 2.69. The van der Waals surface area contributed by atoms with Gasteiger partial charge in [-0.05, 0) is 34.0 Å². The minimum atomic E-state index is -0.885. The molecule has 1 amide bonds. The first-order chi connectivity index (χ1) is 8.40. The lowest BCUT2D eigenvalue weighted by Gasteiger charge is -2.23. The van der Waals surface area contributed by atoms with E-state index < -0.39 is 5.97 Å². The molecule has 1 N–H and O–H groups in total. The van der Waals surface area contributed by atoms with Crippen molar-refractivity contribution in [3.05, 3.63) is 20.8 Å². The number of carbonyl (C=O) groups is 2. The van der Waals surface area contributed by atoms with E-state index in [0.29, 0.717) is 17.3 Å². The molecular weight excluding hydrogens is 318 g/mol. The summed E-state index contributed by atoms with van der Waals surface area (Å²) in [6.07, 6.45) is -0.0228. The van der Waals surface area contributed by atoms with Gasteiger partial charge in [-0.1, -0.05) is 13.8 Å². The van der Waals surface area contributed by atoms with E-state index >= 15 is 0 Å². The summed E-state index contributed by atoms with van der Waals surface area (Å²) in [4.78, 5) is 25.1. The maximum Gasteiger partial charge on any atom is 0.305 e. The molecule has 0 fully saturated rings. The molecule has 0 aliphatic rings. The topological polar surface area (TPSA) is 57.6 Å². The minimum Gasteiger partial charge on any atom is -0.481 e. The molecule has 1 rings (SSSR count). The molecule has 0 aliphatic heterocycles. The third-order valence-corrected chi connectivity index (χ3v) is 3.86. The molecular formula is C12H16BrNO3S. The summed E-state index contributed by atoms with van der Waals surface area (Å²) in [6.45, 7) is 4.83. The first-order valence-corrected chi connectivity index (χ1v) is 7.27. The summed E-state index contributed by atoms with van der Waals surface area (Å²) in [5, 5.41) is 8.71. The lowest BCUT2D eigenvalue weighted by Crippen LogP contribution is -2.35. The highest BCUT2D eigenvalue weighted by molar-refractivity contribution is 9.11. The van der Waals surface area contributed by atoms with E-state index in [0.717, 1.165) is 3.79 Å². The lowest BCUT2D eigenvalue weighted by atomic mass is 10.2. The average molecular weight is 334 g/mol. The summed E-state index contributed by atoms with van der Waals surface area (Å²) >= 11 is 4.68. The van der Waals surface area contributed by atoms with E-state index in [4.69, 9.17) is 5.11 Å². The summed E-state index contributed by atoms with van der Waals surface area (Å²) in [5.41, 5.74) is 0. The molecule has 0 radical (unpaired) electrons. The van der Waals surface area contributed by atoms with Gasteiger partial charge in [0.25, 0.3) is 5.91 Å². The van der Waals surface area contributed by atoms with Crippen molar-refractivity contribution in [2.24, 2.45) is 5.92 Å². The molecule has 0 unspecified atom stereocenters. The van der Waals surface area contributed by atoms with Crippen LogP contribution in [0.5, 0.6) is 0 Å². The fourth-order valence-electron chi connectivity index (χ4n) is 1.53. The van der Waals surface area contributed by atoms with Gasteiger partial charge in [0.15, 0.2) is 0 Å². The Hall–Kier alpha value is -0.880. The quantitative estimate of drug-likeness (QED) is 0.870. The van der Waals surface area contributed by atoms with Crippen molar-refractivity contribution >= 4 is 39.1 Å². The second-order valence-electron chi connectivity index (χ2n) is 4.39. The highest BCUT2D eigenvalue weighted by Crippen LogP contribution is 2.23. The molecule has 100 valence electrons. The molecule has 0 bridgehead atoms. The summed E-state index contributed by atoms with van der Waals surface area (Å²) in [6, 6.07) is 3.58. The normalized spacial score (nSPS) is 10.7. The van der Waals surface area contributed by atoms with Gasteiger partial charge in [-0.3, -0.25) is 9.59 Å². The summed E-state index contributed by atoms with van der Waals surface area (Å²) in [5.74, 6) is -0.671. The van der Waals surface area contributed by atoms with Crippen LogP contribution in [0.4, 0.5) is 0 Å². The standard InChI is InChI=1S/C12H16BrNO3S/c1-8(2)7-14(6-5-11(15)16)12(17)9-3-4-10(13)18-9/h3-4,8H,5-7H2,1-2H3,(H,15,16). The van der Waals surface area contributed by atoms with Crippen molar-refractivity contribution in [3.63, 3.8) is 0 Å². The van der Waals surface area contributed by atoms with Crippen LogP contribution in [-0.2, 0) is 4.79 Å². The maximum atomic E-state index is 12.2. The van der Waals surface area contributed by atoms with Gasteiger partial charge in [0.1, 0.15) is 0 Å². The molecule has 0 saturated heterocycles. The molecule has 4 nitrogen and oxygen atoms in total. The van der Waals surface area contributed by atoms with Crippen molar-refractivity contribution in [1.29, 1.82) is 0 Å². The Morgan fingerprint density at radius 3 is 2.56 bits per heavy atom. The van der Waals surface area contributed by atoms with Crippen LogP contribution in [0, 0.1) is 5.92 Å². The lowest BCUT2D eigenvalue weighted by molar-refractivity contribution is -0.137. The van der Waals surface area contributed by atoms with Crippen LogP contribution in [0.3, 0.4) is 0 Å². The maximum absolute atomic E-state index is 12.2. The predicted molar refractivity (Wildman–Crippen MR) is 75.0 cm³/mol. The van der Waals surface area contributed by atoms with Crippen molar-refractivity contribution < 1.29 is 14.7 Å². The van der Waals surface area contributed by atoms with Crippen LogP contribution >= 0.6 is 27.3 Å². The van der Waals surface area contributed by atoms with Crippen LogP contribution in [0.1, 0.15) is 29.9 Å². The fraction of sp³-hybridized carbons (Fsp3) is 0.500. The third-order valence-electron chi connectivity index (χ3n) is 2.25. The van der Waals surface area contributed by atoms with Crippen LogP contribution < -0.4 is 0 Å². The number of thiophene rings is 1. The Morgan fingerprint density at radius 1 is 1.44 bits per heavy atom. The third kappa shape index (κ3) is 4.78. The number of nitrogens with zero attached hydrogens (tertiary/aromatic N) is 1. The zero-order valence-electron chi connectivity index (χ0n) is 10.4. The Bertz CT molecular complexity index is 431. The van der Waals surface area contributed by atoms with Crippen molar-refractivity contribution in [3.8, 4) is 0 Å². The molecule has 0 atom stereocenters. The molecule has 18 heavy (non-hydrogen) atoms. The number of hydrogen-bond acceptors (Lipinski definition) is 3. The largest absolute Gasteiger partial charge is 0.481 e. The fourth-order valence-corrected chi connectivity index (χ4v) is 2.89. The number of rotatable bonds is 6. The summed E-state index contributed by atoms with van der Waals surface area (Å²) < 4.78 is 0.897. The second-order valence-corrected chi connectivity index (χ2v) is 6.86. The van der Waals surface area contributed by atoms with Crippen molar-refractivity contribution in [2.75, 3.05) is 13.1 Å². The zero-order valence-corrected chi connectivity index (χ0v) is 12.8. The number of carbonyl (C=O) groups excluding carboxylic acids is 1. The number of amides is 1. The van der Waals surface area contributed by atoms with Crippen LogP contribution in [0.25, 0.3) is 0 Å². The second kappa shape index (κ2) is 6.89. The Labute approximate surface area is 119 Å². The molecule has 1 aromatic rings. The number of carboxylic acids is 1.